The van der Waals surface area contributed by atoms with Gasteiger partial charge in [-0.05, 0) is 37.4 Å². The molecule has 0 amide bonds. The number of halogens is 1. The fourth-order valence-corrected chi connectivity index (χ4v) is 2.91. The Morgan fingerprint density at radius 3 is 2.84 bits per heavy atom. The third-order valence-electron chi connectivity index (χ3n) is 3.81. The molecule has 0 saturated carbocycles. The van der Waals surface area contributed by atoms with Gasteiger partial charge < -0.3 is 15.2 Å². The molecule has 0 spiro atoms. The summed E-state index contributed by atoms with van der Waals surface area (Å²) >= 11 is 0. The maximum absolute atomic E-state index is 9.73. The van der Waals surface area contributed by atoms with Crippen LogP contribution in [0.4, 0.5) is 0 Å². The zero-order valence-corrected chi connectivity index (χ0v) is 12.5. The summed E-state index contributed by atoms with van der Waals surface area (Å²) < 4.78 is 5.46. The van der Waals surface area contributed by atoms with Crippen LogP contribution in [0.15, 0.2) is 18.2 Å². The highest BCUT2D eigenvalue weighted by molar-refractivity contribution is 5.85. The van der Waals surface area contributed by atoms with Crippen molar-refractivity contribution in [1.82, 2.24) is 5.32 Å². The van der Waals surface area contributed by atoms with E-state index < -0.39 is 0 Å². The van der Waals surface area contributed by atoms with Gasteiger partial charge in [0.1, 0.15) is 5.75 Å². The monoisotopic (exact) mass is 285 g/mol. The highest BCUT2D eigenvalue weighted by atomic mass is 35.5. The van der Waals surface area contributed by atoms with Gasteiger partial charge in [0.25, 0.3) is 0 Å². The van der Waals surface area contributed by atoms with E-state index >= 15 is 0 Å². The van der Waals surface area contributed by atoms with E-state index in [1.54, 1.807) is 7.11 Å². The summed E-state index contributed by atoms with van der Waals surface area (Å²) in [6.45, 7) is 3.35. The smallest absolute Gasteiger partial charge is 0.122 e. The Bertz CT molecular complexity index is 383. The fourth-order valence-electron chi connectivity index (χ4n) is 2.91. The number of hydrogen-bond donors (Lipinski definition) is 2. The Balaban J connectivity index is 0.00000180. The third kappa shape index (κ3) is 3.41. The van der Waals surface area contributed by atoms with E-state index in [1.165, 1.54) is 11.1 Å². The zero-order chi connectivity index (χ0) is 13.0. The van der Waals surface area contributed by atoms with Crippen LogP contribution in [0.1, 0.15) is 36.8 Å². The van der Waals surface area contributed by atoms with Gasteiger partial charge in [0, 0.05) is 17.5 Å². The predicted octanol–water partition coefficient (Wildman–Crippen LogP) is 2.51. The van der Waals surface area contributed by atoms with E-state index in [1.807, 2.05) is 12.1 Å². The van der Waals surface area contributed by atoms with Gasteiger partial charge in [-0.1, -0.05) is 19.1 Å². The topological polar surface area (TPSA) is 41.5 Å². The number of aryl methyl sites for hydroxylation is 1. The highest BCUT2D eigenvalue weighted by Gasteiger charge is 2.30. The van der Waals surface area contributed by atoms with Gasteiger partial charge in [-0.25, -0.2) is 0 Å². The number of fused-ring (bicyclic) bond motifs is 1. The van der Waals surface area contributed by atoms with Gasteiger partial charge in [0.15, 0.2) is 0 Å². The molecule has 1 aliphatic rings. The van der Waals surface area contributed by atoms with Crippen molar-refractivity contribution < 1.29 is 9.84 Å². The van der Waals surface area contributed by atoms with E-state index in [0.717, 1.165) is 31.6 Å². The number of benzene rings is 1. The molecule has 2 rings (SSSR count). The summed E-state index contributed by atoms with van der Waals surface area (Å²) in [5, 5.41) is 13.3. The minimum absolute atomic E-state index is 0. The average molecular weight is 286 g/mol. The SMILES string of the molecule is CCCNC1CCc2cccc(OC)c2C1CO.Cl. The van der Waals surface area contributed by atoms with Crippen LogP contribution in [0.25, 0.3) is 0 Å². The summed E-state index contributed by atoms with van der Waals surface area (Å²) in [6, 6.07) is 6.53. The molecule has 0 fully saturated rings. The first kappa shape index (κ1) is 16.3. The maximum atomic E-state index is 9.73. The molecule has 0 aliphatic heterocycles. The van der Waals surface area contributed by atoms with Crippen LogP contribution in [0, 0.1) is 0 Å². The van der Waals surface area contributed by atoms with Gasteiger partial charge in [0.2, 0.25) is 0 Å². The van der Waals surface area contributed by atoms with E-state index in [9.17, 15) is 5.11 Å². The van der Waals surface area contributed by atoms with E-state index in [-0.39, 0.29) is 24.9 Å². The molecule has 3 nitrogen and oxygen atoms in total. The lowest BCUT2D eigenvalue weighted by Gasteiger charge is -2.34. The van der Waals surface area contributed by atoms with Gasteiger partial charge in [-0.2, -0.15) is 0 Å². The van der Waals surface area contributed by atoms with Crippen molar-refractivity contribution in [2.24, 2.45) is 0 Å². The minimum atomic E-state index is 0. The second-order valence-corrected chi connectivity index (χ2v) is 4.92. The highest BCUT2D eigenvalue weighted by Crippen LogP contribution is 2.37. The molecule has 1 aromatic carbocycles. The van der Waals surface area contributed by atoms with Crippen LogP contribution in [-0.4, -0.2) is 31.4 Å². The van der Waals surface area contributed by atoms with Gasteiger partial charge in [-0.3, -0.25) is 0 Å². The van der Waals surface area contributed by atoms with Crippen LogP contribution >= 0.6 is 12.4 Å². The largest absolute Gasteiger partial charge is 0.496 e. The lowest BCUT2D eigenvalue weighted by Crippen LogP contribution is -2.40. The summed E-state index contributed by atoms with van der Waals surface area (Å²) in [5.74, 6) is 1.06. The molecule has 0 bridgehead atoms. The molecule has 19 heavy (non-hydrogen) atoms. The zero-order valence-electron chi connectivity index (χ0n) is 11.7. The van der Waals surface area contributed by atoms with Crippen molar-refractivity contribution in [3.05, 3.63) is 29.3 Å². The number of ether oxygens (including phenoxy) is 1. The van der Waals surface area contributed by atoms with E-state index in [0.29, 0.717) is 6.04 Å². The van der Waals surface area contributed by atoms with Gasteiger partial charge in [0.05, 0.1) is 13.7 Å². The second-order valence-electron chi connectivity index (χ2n) is 4.92. The lowest BCUT2D eigenvalue weighted by atomic mass is 9.79. The average Bonchev–Trinajstić information content (AvgIpc) is 2.43. The number of aliphatic hydroxyl groups excluding tert-OH is 1. The molecule has 2 unspecified atom stereocenters. The Morgan fingerprint density at radius 2 is 2.21 bits per heavy atom. The van der Waals surface area contributed by atoms with Crippen molar-refractivity contribution in [2.75, 3.05) is 20.3 Å². The molecular formula is C15H24ClNO2. The fraction of sp³-hybridized carbons (Fsp3) is 0.600. The quantitative estimate of drug-likeness (QED) is 0.873. The van der Waals surface area contributed by atoms with E-state index in [2.05, 4.69) is 18.3 Å². The van der Waals surface area contributed by atoms with Crippen molar-refractivity contribution >= 4 is 12.4 Å². The van der Waals surface area contributed by atoms with Crippen LogP contribution in [-0.2, 0) is 6.42 Å². The first-order valence-corrected chi connectivity index (χ1v) is 6.81. The van der Waals surface area contributed by atoms with Crippen molar-refractivity contribution in [3.8, 4) is 5.75 Å². The van der Waals surface area contributed by atoms with Crippen LogP contribution < -0.4 is 10.1 Å². The molecule has 2 N–H and O–H groups in total. The standard InChI is InChI=1S/C15H23NO2.ClH/c1-3-9-16-13-8-7-11-5-4-6-14(18-2)15(11)12(13)10-17;/h4-6,12-13,16-17H,3,7-10H2,1-2H3;1H. The number of methoxy groups -OCH3 is 1. The molecule has 1 aliphatic carbocycles. The third-order valence-corrected chi connectivity index (χ3v) is 3.81. The molecule has 0 heterocycles. The van der Waals surface area contributed by atoms with Gasteiger partial charge >= 0.3 is 0 Å². The Labute approximate surface area is 121 Å². The molecular weight excluding hydrogens is 262 g/mol. The molecule has 2 atom stereocenters. The Morgan fingerprint density at radius 1 is 1.42 bits per heavy atom. The van der Waals surface area contributed by atoms with Crippen LogP contribution in [0.3, 0.4) is 0 Å². The number of rotatable bonds is 5. The van der Waals surface area contributed by atoms with Gasteiger partial charge in [-0.15, -0.1) is 12.4 Å². The first-order chi connectivity index (χ1) is 8.81. The second kappa shape index (κ2) is 7.73. The predicted molar refractivity (Wildman–Crippen MR) is 80.5 cm³/mol. The Kier molecular flexibility index (Phi) is 6.63. The molecule has 0 radical (unpaired) electrons. The van der Waals surface area contributed by atoms with Crippen LogP contribution in [0.2, 0.25) is 0 Å². The molecule has 0 aromatic heterocycles. The van der Waals surface area contributed by atoms with Crippen LogP contribution in [0.5, 0.6) is 5.75 Å². The lowest BCUT2D eigenvalue weighted by molar-refractivity contribution is 0.220. The Hall–Kier alpha value is -0.770. The summed E-state index contributed by atoms with van der Waals surface area (Å²) in [6.07, 6.45) is 3.27. The number of nitrogens with one attached hydrogen (secondary N) is 1. The minimum Gasteiger partial charge on any atom is -0.496 e. The normalized spacial score (nSPS) is 21.4. The van der Waals surface area contributed by atoms with E-state index in [4.69, 9.17) is 4.74 Å². The molecule has 108 valence electrons. The number of aliphatic hydroxyl groups is 1. The molecule has 4 heteroatoms. The molecule has 1 aromatic rings. The summed E-state index contributed by atoms with van der Waals surface area (Å²) in [5.41, 5.74) is 2.52. The summed E-state index contributed by atoms with van der Waals surface area (Å²) in [7, 11) is 1.70. The number of hydrogen-bond acceptors (Lipinski definition) is 3. The van der Waals surface area contributed by atoms with Crippen molar-refractivity contribution in [1.29, 1.82) is 0 Å². The maximum Gasteiger partial charge on any atom is 0.122 e. The molecule has 0 saturated heterocycles. The first-order valence-electron chi connectivity index (χ1n) is 6.81. The van der Waals surface area contributed by atoms with Crippen molar-refractivity contribution in [2.45, 2.75) is 38.1 Å². The summed E-state index contributed by atoms with van der Waals surface area (Å²) in [4.78, 5) is 0. The van der Waals surface area contributed by atoms with Crippen molar-refractivity contribution in [3.63, 3.8) is 0 Å².